The normalized spacial score (nSPS) is 15.0. The molecule has 0 bridgehead atoms. The van der Waals surface area contributed by atoms with Gasteiger partial charge in [0.1, 0.15) is 0 Å². The first-order valence-corrected chi connectivity index (χ1v) is 15.5. The van der Waals surface area contributed by atoms with Gasteiger partial charge in [0.05, 0.1) is 17.4 Å². The van der Waals surface area contributed by atoms with Crippen LogP contribution < -0.4 is 5.32 Å². The van der Waals surface area contributed by atoms with Crippen LogP contribution in [-0.4, -0.2) is 4.98 Å². The highest BCUT2D eigenvalue weighted by Crippen LogP contribution is 2.42. The van der Waals surface area contributed by atoms with Crippen molar-refractivity contribution >= 4 is 28.9 Å². The third-order valence-electron chi connectivity index (χ3n) is 8.26. The molecule has 4 aromatic rings. The van der Waals surface area contributed by atoms with Crippen molar-refractivity contribution in [3.05, 3.63) is 117 Å². The molecule has 1 aromatic heterocycles. The Labute approximate surface area is 250 Å². The molecule has 4 heteroatoms. The topological polar surface area (TPSA) is 24.9 Å². The largest absolute Gasteiger partial charge is 0.372 e. The van der Waals surface area contributed by atoms with Gasteiger partial charge in [-0.15, -0.1) is 0 Å². The van der Waals surface area contributed by atoms with Crippen molar-refractivity contribution in [1.82, 2.24) is 4.98 Å². The van der Waals surface area contributed by atoms with Gasteiger partial charge < -0.3 is 5.32 Å². The number of benzene rings is 3. The summed E-state index contributed by atoms with van der Waals surface area (Å²) in [5.41, 5.74) is 9.43. The number of nitrogens with zero attached hydrogens (tertiary/aromatic N) is 1. The summed E-state index contributed by atoms with van der Waals surface area (Å²) >= 11 is 12.9. The van der Waals surface area contributed by atoms with E-state index < -0.39 is 0 Å². The van der Waals surface area contributed by atoms with Crippen LogP contribution in [0.1, 0.15) is 112 Å². The van der Waals surface area contributed by atoms with E-state index in [-0.39, 0.29) is 6.04 Å². The van der Waals surface area contributed by atoms with E-state index in [4.69, 9.17) is 28.2 Å². The molecule has 1 heterocycles. The van der Waals surface area contributed by atoms with E-state index in [0.717, 1.165) is 27.0 Å². The van der Waals surface area contributed by atoms with Crippen molar-refractivity contribution in [2.45, 2.75) is 83.6 Å². The van der Waals surface area contributed by atoms with Gasteiger partial charge in [-0.1, -0.05) is 113 Å². The quantitative estimate of drug-likeness (QED) is 0.228. The molecule has 2 nitrogen and oxygen atoms in total. The van der Waals surface area contributed by atoms with Crippen LogP contribution in [0.15, 0.2) is 78.9 Å². The van der Waals surface area contributed by atoms with E-state index in [2.05, 4.69) is 87.6 Å². The lowest BCUT2D eigenvalue weighted by atomic mass is 9.80. The molecule has 0 saturated heterocycles. The van der Waals surface area contributed by atoms with Crippen molar-refractivity contribution in [2.75, 3.05) is 5.32 Å². The van der Waals surface area contributed by atoms with Crippen LogP contribution in [0.5, 0.6) is 0 Å². The summed E-state index contributed by atoms with van der Waals surface area (Å²) in [5, 5.41) is 5.58. The predicted octanol–water partition coefficient (Wildman–Crippen LogP) is 11.6. The van der Waals surface area contributed by atoms with Crippen LogP contribution in [0.2, 0.25) is 10.0 Å². The molecule has 1 aliphatic carbocycles. The fraction of sp³-hybridized carbons (Fsp3) is 0.361. The van der Waals surface area contributed by atoms with E-state index >= 15 is 0 Å². The highest BCUT2D eigenvalue weighted by Gasteiger charge is 2.27. The van der Waals surface area contributed by atoms with Crippen molar-refractivity contribution < 1.29 is 0 Å². The number of pyridine rings is 1. The van der Waals surface area contributed by atoms with Crippen LogP contribution in [0.25, 0.3) is 11.3 Å². The minimum absolute atomic E-state index is 0.110. The standard InChI is InChI=1S/C36H40Cl2N2/c1-23(2)31-21-28(38)22-32(24(3)4)35(31)40-36(30-14-9-8-13-29(30)25-11-6-5-7-12-25)34-16-10-15-33(39-34)26-17-19-27(37)20-18-26/h8-10,13-25,36,40H,5-7,11-12H2,1-4H3. The Morgan fingerprint density at radius 1 is 0.700 bits per heavy atom. The van der Waals surface area contributed by atoms with Crippen LogP contribution >= 0.6 is 23.2 Å². The third kappa shape index (κ3) is 6.40. The molecule has 1 fully saturated rings. The number of anilines is 1. The maximum Gasteiger partial charge on any atom is 0.0943 e. The zero-order valence-electron chi connectivity index (χ0n) is 24.1. The molecule has 5 rings (SSSR count). The van der Waals surface area contributed by atoms with Gasteiger partial charge in [0.25, 0.3) is 0 Å². The van der Waals surface area contributed by atoms with Crippen molar-refractivity contribution in [1.29, 1.82) is 0 Å². The molecule has 1 aliphatic rings. The number of rotatable bonds is 8. The number of hydrogen-bond donors (Lipinski definition) is 1. The number of nitrogens with one attached hydrogen (secondary N) is 1. The Morgan fingerprint density at radius 3 is 2.00 bits per heavy atom. The van der Waals surface area contributed by atoms with E-state index in [1.54, 1.807) is 0 Å². The maximum absolute atomic E-state index is 6.66. The summed E-state index contributed by atoms with van der Waals surface area (Å²) in [4.78, 5) is 5.27. The molecule has 0 aliphatic heterocycles. The molecule has 0 radical (unpaired) electrons. The maximum atomic E-state index is 6.66. The predicted molar refractivity (Wildman–Crippen MR) is 172 cm³/mol. The lowest BCUT2D eigenvalue weighted by Crippen LogP contribution is -2.20. The zero-order valence-corrected chi connectivity index (χ0v) is 25.6. The number of aromatic nitrogens is 1. The fourth-order valence-corrected chi connectivity index (χ4v) is 6.50. The van der Waals surface area contributed by atoms with Gasteiger partial charge >= 0.3 is 0 Å². The van der Waals surface area contributed by atoms with Crippen molar-refractivity contribution in [3.63, 3.8) is 0 Å². The summed E-state index contributed by atoms with van der Waals surface area (Å²) < 4.78 is 0. The summed E-state index contributed by atoms with van der Waals surface area (Å²) in [7, 11) is 0. The van der Waals surface area contributed by atoms with Crippen molar-refractivity contribution in [2.24, 2.45) is 0 Å². The summed E-state index contributed by atoms with van der Waals surface area (Å²) in [6, 6.07) is 27.5. The lowest BCUT2D eigenvalue weighted by molar-refractivity contribution is 0.441. The second-order valence-corrected chi connectivity index (χ2v) is 12.6. The molecule has 40 heavy (non-hydrogen) atoms. The average molecular weight is 572 g/mol. The second-order valence-electron chi connectivity index (χ2n) is 11.8. The van der Waals surface area contributed by atoms with E-state index in [9.17, 15) is 0 Å². The molecule has 1 unspecified atom stereocenters. The summed E-state index contributed by atoms with van der Waals surface area (Å²) in [6.07, 6.45) is 6.43. The first kappa shape index (κ1) is 28.7. The smallest absolute Gasteiger partial charge is 0.0943 e. The average Bonchev–Trinajstić information content (AvgIpc) is 2.97. The molecule has 1 N–H and O–H groups in total. The second kappa shape index (κ2) is 12.8. The van der Waals surface area contributed by atoms with Gasteiger partial charge in [-0.05, 0) is 89.2 Å². The van der Waals surface area contributed by atoms with E-state index in [0.29, 0.717) is 17.8 Å². The summed E-state index contributed by atoms with van der Waals surface area (Å²) in [6.45, 7) is 8.97. The Hall–Kier alpha value is -2.81. The number of halogens is 2. The molecule has 208 valence electrons. The van der Waals surface area contributed by atoms with Crippen LogP contribution in [0, 0.1) is 0 Å². The molecule has 0 amide bonds. The van der Waals surface area contributed by atoms with Gasteiger partial charge in [-0.2, -0.15) is 0 Å². The first-order valence-electron chi connectivity index (χ1n) is 14.7. The van der Waals surface area contributed by atoms with E-state index in [1.165, 1.54) is 60.0 Å². The fourth-order valence-electron chi connectivity index (χ4n) is 6.14. The Bertz CT molecular complexity index is 1410. The lowest BCUT2D eigenvalue weighted by Gasteiger charge is -2.31. The Balaban J connectivity index is 1.68. The van der Waals surface area contributed by atoms with Gasteiger partial charge in [-0.25, -0.2) is 0 Å². The highest BCUT2D eigenvalue weighted by molar-refractivity contribution is 6.31. The zero-order chi connectivity index (χ0) is 28.2. The van der Waals surface area contributed by atoms with Gasteiger partial charge in [0.15, 0.2) is 0 Å². The molecular weight excluding hydrogens is 531 g/mol. The molecular formula is C36H40Cl2N2. The molecule has 3 aromatic carbocycles. The first-order chi connectivity index (χ1) is 19.3. The van der Waals surface area contributed by atoms with Gasteiger partial charge in [-0.3, -0.25) is 4.98 Å². The monoisotopic (exact) mass is 570 g/mol. The van der Waals surface area contributed by atoms with Crippen LogP contribution in [0.3, 0.4) is 0 Å². The third-order valence-corrected chi connectivity index (χ3v) is 8.73. The van der Waals surface area contributed by atoms with E-state index in [1.807, 2.05) is 24.3 Å². The van der Waals surface area contributed by atoms with Gasteiger partial charge in [0, 0.05) is 21.3 Å². The minimum Gasteiger partial charge on any atom is -0.372 e. The van der Waals surface area contributed by atoms with Gasteiger partial charge in [0.2, 0.25) is 0 Å². The minimum atomic E-state index is -0.110. The number of hydrogen-bond acceptors (Lipinski definition) is 2. The molecule has 0 spiro atoms. The highest BCUT2D eigenvalue weighted by atomic mass is 35.5. The summed E-state index contributed by atoms with van der Waals surface area (Å²) in [5.74, 6) is 1.22. The van der Waals surface area contributed by atoms with Crippen molar-refractivity contribution in [3.8, 4) is 11.3 Å². The van der Waals surface area contributed by atoms with Crippen LogP contribution in [0.4, 0.5) is 5.69 Å². The Morgan fingerprint density at radius 2 is 1.35 bits per heavy atom. The molecule has 1 atom stereocenters. The van der Waals surface area contributed by atoms with Crippen LogP contribution in [-0.2, 0) is 0 Å². The SMILES string of the molecule is CC(C)c1cc(Cl)cc(C(C)C)c1NC(c1cccc(-c2ccc(Cl)cc2)n1)c1ccccc1C1CCCCC1. The Kier molecular flexibility index (Phi) is 9.18. The molecule has 1 saturated carbocycles.